The fraction of sp³-hybridized carbons (Fsp3) is 0.417. The van der Waals surface area contributed by atoms with E-state index in [0.29, 0.717) is 0 Å². The van der Waals surface area contributed by atoms with E-state index in [1.807, 2.05) is 0 Å². The lowest BCUT2D eigenvalue weighted by atomic mass is 9.90. The minimum atomic E-state index is -1.39. The van der Waals surface area contributed by atoms with E-state index in [0.717, 1.165) is 12.1 Å². The molecular formula is C12H15FO4. The molecule has 94 valence electrons. The van der Waals surface area contributed by atoms with E-state index in [1.165, 1.54) is 20.3 Å². The van der Waals surface area contributed by atoms with Crippen LogP contribution in [0.4, 0.5) is 4.39 Å². The molecule has 0 aliphatic carbocycles. The number of ether oxygens (including phenoxy) is 2. The van der Waals surface area contributed by atoms with Crippen molar-refractivity contribution in [1.29, 1.82) is 0 Å². The van der Waals surface area contributed by atoms with Gasteiger partial charge >= 0.3 is 5.97 Å². The molecule has 0 spiro atoms. The molecule has 0 heterocycles. The van der Waals surface area contributed by atoms with Crippen LogP contribution >= 0.6 is 0 Å². The Morgan fingerprint density at radius 3 is 2.47 bits per heavy atom. The highest BCUT2D eigenvalue weighted by Gasteiger charge is 2.40. The highest BCUT2D eigenvalue weighted by atomic mass is 19.1. The van der Waals surface area contributed by atoms with Gasteiger partial charge in [-0.05, 0) is 18.6 Å². The Morgan fingerprint density at radius 1 is 1.41 bits per heavy atom. The fourth-order valence-electron chi connectivity index (χ4n) is 1.78. The topological polar surface area (TPSA) is 55.8 Å². The van der Waals surface area contributed by atoms with Gasteiger partial charge in [-0.25, -0.2) is 9.18 Å². The minimum absolute atomic E-state index is 0.229. The molecule has 0 aliphatic heterocycles. The molecule has 0 unspecified atom stereocenters. The summed E-state index contributed by atoms with van der Waals surface area (Å²) in [5, 5.41) is 9.36. The number of rotatable bonds is 4. The first kappa shape index (κ1) is 13.4. The van der Waals surface area contributed by atoms with Gasteiger partial charge in [0.1, 0.15) is 11.6 Å². The van der Waals surface area contributed by atoms with E-state index in [2.05, 4.69) is 4.74 Å². The second kappa shape index (κ2) is 5.14. The lowest BCUT2D eigenvalue weighted by Gasteiger charge is -2.28. The van der Waals surface area contributed by atoms with E-state index in [9.17, 15) is 14.3 Å². The Labute approximate surface area is 99.0 Å². The first-order valence-corrected chi connectivity index (χ1v) is 5.13. The second-order valence-electron chi connectivity index (χ2n) is 3.57. The van der Waals surface area contributed by atoms with Crippen molar-refractivity contribution >= 4 is 5.97 Å². The van der Waals surface area contributed by atoms with Crippen LogP contribution in [-0.4, -0.2) is 25.3 Å². The number of hydrogen-bond donors (Lipinski definition) is 1. The van der Waals surface area contributed by atoms with Crippen molar-refractivity contribution in [1.82, 2.24) is 0 Å². The highest BCUT2D eigenvalue weighted by molar-refractivity contribution is 5.81. The molecule has 1 N–H and O–H groups in total. The largest absolute Gasteiger partial charge is 0.508 e. The number of carbonyl (C=O) groups is 1. The Kier molecular flexibility index (Phi) is 4.07. The molecule has 0 saturated heterocycles. The molecule has 17 heavy (non-hydrogen) atoms. The number of aromatic hydroxyl groups is 1. The van der Waals surface area contributed by atoms with Gasteiger partial charge in [-0.15, -0.1) is 0 Å². The quantitative estimate of drug-likeness (QED) is 0.820. The van der Waals surface area contributed by atoms with Crippen LogP contribution in [0.15, 0.2) is 18.2 Å². The van der Waals surface area contributed by atoms with Crippen LogP contribution in [0.3, 0.4) is 0 Å². The van der Waals surface area contributed by atoms with Gasteiger partial charge in [0.05, 0.1) is 7.11 Å². The predicted molar refractivity (Wildman–Crippen MR) is 59.1 cm³/mol. The molecule has 1 atom stereocenters. The number of benzene rings is 1. The third-order valence-electron chi connectivity index (χ3n) is 2.71. The lowest BCUT2D eigenvalue weighted by Crippen LogP contribution is -2.38. The molecule has 0 aromatic heterocycles. The maximum absolute atomic E-state index is 13.2. The van der Waals surface area contributed by atoms with Crippen molar-refractivity contribution in [3.63, 3.8) is 0 Å². The van der Waals surface area contributed by atoms with E-state index >= 15 is 0 Å². The monoisotopic (exact) mass is 242 g/mol. The van der Waals surface area contributed by atoms with Gasteiger partial charge in [0.15, 0.2) is 5.60 Å². The fourth-order valence-corrected chi connectivity index (χ4v) is 1.78. The Hall–Kier alpha value is -1.62. The number of esters is 1. The minimum Gasteiger partial charge on any atom is -0.508 e. The SMILES string of the molecule is CC[C@@](OC)(C(=O)OC)c1cc(O)cc(F)c1. The van der Waals surface area contributed by atoms with Crippen molar-refractivity contribution in [2.24, 2.45) is 0 Å². The van der Waals surface area contributed by atoms with Crippen molar-refractivity contribution in [2.75, 3.05) is 14.2 Å². The van der Waals surface area contributed by atoms with Crippen LogP contribution < -0.4 is 0 Å². The number of phenolic OH excluding ortho intramolecular Hbond substituents is 1. The van der Waals surface area contributed by atoms with Crippen LogP contribution in [0.2, 0.25) is 0 Å². The molecule has 0 saturated carbocycles. The summed E-state index contributed by atoms with van der Waals surface area (Å²) in [6, 6.07) is 3.38. The molecular weight excluding hydrogens is 227 g/mol. The summed E-state index contributed by atoms with van der Waals surface area (Å²) in [6.45, 7) is 1.71. The average molecular weight is 242 g/mol. The Bertz CT molecular complexity index is 393. The van der Waals surface area contributed by atoms with Crippen LogP contribution in [0.5, 0.6) is 5.75 Å². The molecule has 0 fully saturated rings. The van der Waals surface area contributed by atoms with Gasteiger partial charge in [0.2, 0.25) is 0 Å². The van der Waals surface area contributed by atoms with Gasteiger partial charge in [0.25, 0.3) is 0 Å². The zero-order valence-electron chi connectivity index (χ0n) is 9.99. The summed E-state index contributed by atoms with van der Waals surface area (Å²) in [4.78, 5) is 11.8. The number of hydrogen-bond acceptors (Lipinski definition) is 4. The van der Waals surface area contributed by atoms with Crippen molar-refractivity contribution < 1.29 is 23.8 Å². The number of phenols is 1. The third-order valence-corrected chi connectivity index (χ3v) is 2.71. The molecule has 0 aliphatic rings. The second-order valence-corrected chi connectivity index (χ2v) is 3.57. The standard InChI is InChI=1S/C12H15FO4/c1-4-12(17-3,11(15)16-2)8-5-9(13)7-10(14)6-8/h5-7,14H,4H2,1-3H3/t12-/m0/s1. The highest BCUT2D eigenvalue weighted by Crippen LogP contribution is 2.32. The summed E-state index contributed by atoms with van der Waals surface area (Å²) in [6.07, 6.45) is 0.263. The zero-order chi connectivity index (χ0) is 13.1. The van der Waals surface area contributed by atoms with E-state index in [1.54, 1.807) is 6.92 Å². The predicted octanol–water partition coefficient (Wildman–Crippen LogP) is 1.96. The number of halogens is 1. The number of carbonyl (C=O) groups excluding carboxylic acids is 1. The van der Waals surface area contributed by atoms with Crippen molar-refractivity contribution in [3.8, 4) is 5.75 Å². The summed E-state index contributed by atoms with van der Waals surface area (Å²) in [5.74, 6) is -1.54. The van der Waals surface area contributed by atoms with E-state index in [-0.39, 0.29) is 17.7 Å². The van der Waals surface area contributed by atoms with Gasteiger partial charge in [-0.2, -0.15) is 0 Å². The molecule has 0 amide bonds. The van der Waals surface area contributed by atoms with Crippen LogP contribution in [-0.2, 0) is 19.9 Å². The van der Waals surface area contributed by atoms with E-state index < -0.39 is 17.4 Å². The first-order chi connectivity index (χ1) is 8.00. The normalized spacial score (nSPS) is 14.1. The number of methoxy groups -OCH3 is 2. The van der Waals surface area contributed by atoms with Gasteiger partial charge in [0, 0.05) is 18.7 Å². The van der Waals surface area contributed by atoms with Crippen molar-refractivity contribution in [2.45, 2.75) is 18.9 Å². The van der Waals surface area contributed by atoms with Gasteiger partial charge in [-0.3, -0.25) is 0 Å². The van der Waals surface area contributed by atoms with Gasteiger partial charge in [-0.1, -0.05) is 6.92 Å². The lowest BCUT2D eigenvalue weighted by molar-refractivity contribution is -0.168. The maximum atomic E-state index is 13.2. The molecule has 1 aromatic carbocycles. The molecule has 1 aromatic rings. The molecule has 4 nitrogen and oxygen atoms in total. The smallest absolute Gasteiger partial charge is 0.342 e. The maximum Gasteiger partial charge on any atom is 0.342 e. The zero-order valence-corrected chi connectivity index (χ0v) is 9.99. The summed E-state index contributed by atoms with van der Waals surface area (Å²) in [5.41, 5.74) is -1.17. The van der Waals surface area contributed by atoms with Gasteiger partial charge < -0.3 is 14.6 Å². The summed E-state index contributed by atoms with van der Waals surface area (Å²) >= 11 is 0. The summed E-state index contributed by atoms with van der Waals surface area (Å²) in [7, 11) is 2.56. The van der Waals surface area contributed by atoms with Crippen LogP contribution in [0.25, 0.3) is 0 Å². The Balaban J connectivity index is 3.36. The first-order valence-electron chi connectivity index (χ1n) is 5.13. The van der Waals surface area contributed by atoms with Crippen molar-refractivity contribution in [3.05, 3.63) is 29.6 Å². The molecule has 0 bridgehead atoms. The summed E-state index contributed by atoms with van der Waals surface area (Å²) < 4.78 is 23.1. The van der Waals surface area contributed by atoms with Crippen LogP contribution in [0.1, 0.15) is 18.9 Å². The van der Waals surface area contributed by atoms with E-state index in [4.69, 9.17) is 4.74 Å². The molecule has 0 radical (unpaired) electrons. The Morgan fingerprint density at radius 2 is 2.06 bits per heavy atom. The molecule has 1 rings (SSSR count). The average Bonchev–Trinajstić information content (AvgIpc) is 2.29. The third kappa shape index (κ3) is 2.39. The van der Waals surface area contributed by atoms with Crippen LogP contribution in [0, 0.1) is 5.82 Å². The molecule has 5 heteroatoms.